The van der Waals surface area contributed by atoms with E-state index in [0.717, 1.165) is 12.0 Å². The average molecular weight is 353 g/mol. The lowest BCUT2D eigenvalue weighted by atomic mass is 10.2. The maximum absolute atomic E-state index is 12.5. The Morgan fingerprint density at radius 2 is 1.79 bits per heavy atom. The molecule has 1 amide bonds. The summed E-state index contributed by atoms with van der Waals surface area (Å²) in [5.74, 6) is 0.0347. The Bertz CT molecular complexity index is 626. The first-order valence-electron chi connectivity index (χ1n) is 8.44. The first kappa shape index (κ1) is 18.9. The molecule has 1 aliphatic heterocycles. The summed E-state index contributed by atoms with van der Waals surface area (Å²) in [5, 5.41) is 2.94. The number of sulfonamides is 1. The van der Waals surface area contributed by atoms with Gasteiger partial charge in [0.05, 0.1) is 12.3 Å². The molecule has 1 N–H and O–H groups in total. The van der Waals surface area contributed by atoms with Crippen LogP contribution < -0.4 is 5.32 Å². The minimum atomic E-state index is -3.31. The SMILES string of the molecule is CC[C@@H](C)NC(=O)CN1CCN(S(=O)(=O)Cc2ccccc2)CC1. The van der Waals surface area contributed by atoms with Crippen LogP contribution in [0, 0.1) is 0 Å². The molecule has 6 nitrogen and oxygen atoms in total. The lowest BCUT2D eigenvalue weighted by molar-refractivity contribution is -0.123. The predicted octanol–water partition coefficient (Wildman–Crippen LogP) is 1.05. The molecule has 1 atom stereocenters. The van der Waals surface area contributed by atoms with Crippen molar-refractivity contribution in [3.05, 3.63) is 35.9 Å². The summed E-state index contributed by atoms with van der Waals surface area (Å²) in [6.07, 6.45) is 0.900. The predicted molar refractivity (Wildman–Crippen MR) is 95.0 cm³/mol. The number of nitrogens with zero attached hydrogens (tertiary/aromatic N) is 2. The fourth-order valence-corrected chi connectivity index (χ4v) is 4.18. The number of benzene rings is 1. The van der Waals surface area contributed by atoms with Crippen LogP contribution in [0.15, 0.2) is 30.3 Å². The number of carbonyl (C=O) groups is 1. The Balaban J connectivity index is 1.82. The fourth-order valence-electron chi connectivity index (χ4n) is 2.67. The van der Waals surface area contributed by atoms with Crippen LogP contribution in [0.4, 0.5) is 0 Å². The van der Waals surface area contributed by atoms with Crippen LogP contribution in [-0.4, -0.2) is 62.3 Å². The number of carbonyl (C=O) groups excluding carboxylic acids is 1. The molecule has 1 aromatic carbocycles. The van der Waals surface area contributed by atoms with Gasteiger partial charge in [-0.1, -0.05) is 37.3 Å². The molecule has 24 heavy (non-hydrogen) atoms. The van der Waals surface area contributed by atoms with Crippen LogP contribution >= 0.6 is 0 Å². The average Bonchev–Trinajstić information content (AvgIpc) is 2.55. The normalized spacial score (nSPS) is 18.2. The number of nitrogens with one attached hydrogen (secondary N) is 1. The van der Waals surface area contributed by atoms with E-state index in [9.17, 15) is 13.2 Å². The van der Waals surface area contributed by atoms with Crippen molar-refractivity contribution in [2.24, 2.45) is 0 Å². The van der Waals surface area contributed by atoms with Crippen molar-refractivity contribution in [2.75, 3.05) is 32.7 Å². The summed E-state index contributed by atoms with van der Waals surface area (Å²) in [5.41, 5.74) is 0.799. The molecular formula is C17H27N3O3S. The number of piperazine rings is 1. The second kappa shape index (κ2) is 8.60. The lowest BCUT2D eigenvalue weighted by Crippen LogP contribution is -2.51. The molecule has 1 saturated heterocycles. The maximum atomic E-state index is 12.5. The van der Waals surface area contributed by atoms with E-state index in [-0.39, 0.29) is 17.7 Å². The molecule has 0 aliphatic carbocycles. The largest absolute Gasteiger partial charge is 0.353 e. The Morgan fingerprint density at radius 3 is 2.38 bits per heavy atom. The highest BCUT2D eigenvalue weighted by Gasteiger charge is 2.27. The fraction of sp³-hybridized carbons (Fsp3) is 0.588. The molecule has 0 spiro atoms. The summed E-state index contributed by atoms with van der Waals surface area (Å²) < 4.78 is 26.5. The van der Waals surface area contributed by atoms with E-state index in [1.54, 1.807) is 0 Å². The van der Waals surface area contributed by atoms with Crippen molar-refractivity contribution < 1.29 is 13.2 Å². The molecule has 134 valence electrons. The van der Waals surface area contributed by atoms with Gasteiger partial charge in [0.25, 0.3) is 0 Å². The van der Waals surface area contributed by atoms with Gasteiger partial charge >= 0.3 is 0 Å². The molecular weight excluding hydrogens is 326 g/mol. The number of rotatable bonds is 7. The first-order chi connectivity index (χ1) is 11.4. The van der Waals surface area contributed by atoms with Gasteiger partial charge in [0.15, 0.2) is 0 Å². The van der Waals surface area contributed by atoms with Gasteiger partial charge in [0.2, 0.25) is 15.9 Å². The van der Waals surface area contributed by atoms with Gasteiger partial charge in [-0.25, -0.2) is 8.42 Å². The van der Waals surface area contributed by atoms with E-state index in [2.05, 4.69) is 5.32 Å². The summed E-state index contributed by atoms with van der Waals surface area (Å²) in [4.78, 5) is 13.9. The zero-order valence-electron chi connectivity index (χ0n) is 14.4. The van der Waals surface area contributed by atoms with Gasteiger partial charge in [0, 0.05) is 32.2 Å². The standard InChI is InChI=1S/C17H27N3O3S/c1-3-15(2)18-17(21)13-19-9-11-20(12-10-19)24(22,23)14-16-7-5-4-6-8-16/h4-8,15H,3,9-14H2,1-2H3,(H,18,21)/t15-/m1/s1. The summed E-state index contributed by atoms with van der Waals surface area (Å²) >= 11 is 0. The second-order valence-electron chi connectivity index (χ2n) is 6.29. The van der Waals surface area contributed by atoms with E-state index >= 15 is 0 Å². The minimum absolute atomic E-state index is 0.00458. The van der Waals surface area contributed by atoms with Gasteiger partial charge in [0.1, 0.15) is 0 Å². The third-order valence-corrected chi connectivity index (χ3v) is 6.15. The van der Waals surface area contributed by atoms with Crippen LogP contribution in [0.1, 0.15) is 25.8 Å². The van der Waals surface area contributed by atoms with Crippen LogP contribution in [0.3, 0.4) is 0 Å². The van der Waals surface area contributed by atoms with E-state index in [1.165, 1.54) is 4.31 Å². The molecule has 0 radical (unpaired) electrons. The third kappa shape index (κ3) is 5.58. The van der Waals surface area contributed by atoms with E-state index in [1.807, 2.05) is 49.1 Å². The molecule has 1 fully saturated rings. The van der Waals surface area contributed by atoms with Crippen LogP contribution in [-0.2, 0) is 20.6 Å². The highest BCUT2D eigenvalue weighted by atomic mass is 32.2. The quantitative estimate of drug-likeness (QED) is 0.795. The molecule has 0 bridgehead atoms. The Morgan fingerprint density at radius 1 is 1.17 bits per heavy atom. The van der Waals surface area contributed by atoms with Crippen molar-refractivity contribution in [1.29, 1.82) is 0 Å². The van der Waals surface area contributed by atoms with E-state index in [4.69, 9.17) is 0 Å². The Hall–Kier alpha value is -1.44. The van der Waals surface area contributed by atoms with E-state index in [0.29, 0.717) is 32.7 Å². The molecule has 2 rings (SSSR count). The molecule has 0 saturated carbocycles. The molecule has 1 aliphatic rings. The monoisotopic (exact) mass is 353 g/mol. The van der Waals surface area contributed by atoms with Crippen LogP contribution in [0.2, 0.25) is 0 Å². The molecule has 1 heterocycles. The lowest BCUT2D eigenvalue weighted by Gasteiger charge is -2.33. The highest BCUT2D eigenvalue weighted by Crippen LogP contribution is 2.13. The Kier molecular flexibility index (Phi) is 6.77. The Labute approximate surface area is 144 Å². The minimum Gasteiger partial charge on any atom is -0.353 e. The highest BCUT2D eigenvalue weighted by molar-refractivity contribution is 7.88. The number of hydrogen-bond acceptors (Lipinski definition) is 4. The van der Waals surface area contributed by atoms with Crippen molar-refractivity contribution in [2.45, 2.75) is 32.1 Å². The van der Waals surface area contributed by atoms with Gasteiger partial charge < -0.3 is 5.32 Å². The molecule has 7 heteroatoms. The third-order valence-electron chi connectivity index (χ3n) is 4.30. The van der Waals surface area contributed by atoms with Crippen molar-refractivity contribution >= 4 is 15.9 Å². The molecule has 0 aromatic heterocycles. The van der Waals surface area contributed by atoms with Gasteiger partial charge in [-0.2, -0.15) is 4.31 Å². The first-order valence-corrected chi connectivity index (χ1v) is 10.0. The number of amides is 1. The topological polar surface area (TPSA) is 69.7 Å². The van der Waals surface area contributed by atoms with Crippen molar-refractivity contribution in [3.8, 4) is 0 Å². The van der Waals surface area contributed by atoms with Crippen molar-refractivity contribution in [1.82, 2.24) is 14.5 Å². The summed E-state index contributed by atoms with van der Waals surface area (Å²) in [6.45, 7) is 6.38. The zero-order chi connectivity index (χ0) is 17.6. The van der Waals surface area contributed by atoms with E-state index < -0.39 is 10.0 Å². The van der Waals surface area contributed by atoms with Gasteiger partial charge in [-0.3, -0.25) is 9.69 Å². The summed E-state index contributed by atoms with van der Waals surface area (Å²) in [7, 11) is -3.31. The molecule has 1 aromatic rings. The van der Waals surface area contributed by atoms with Crippen LogP contribution in [0.25, 0.3) is 0 Å². The molecule has 0 unspecified atom stereocenters. The smallest absolute Gasteiger partial charge is 0.234 e. The maximum Gasteiger partial charge on any atom is 0.234 e. The van der Waals surface area contributed by atoms with Crippen LogP contribution in [0.5, 0.6) is 0 Å². The number of hydrogen-bond donors (Lipinski definition) is 1. The van der Waals surface area contributed by atoms with Gasteiger partial charge in [-0.05, 0) is 18.9 Å². The second-order valence-corrected chi connectivity index (χ2v) is 8.26. The van der Waals surface area contributed by atoms with Crippen molar-refractivity contribution in [3.63, 3.8) is 0 Å². The zero-order valence-corrected chi connectivity index (χ0v) is 15.3. The summed E-state index contributed by atoms with van der Waals surface area (Å²) in [6, 6.07) is 9.39. The van der Waals surface area contributed by atoms with Gasteiger partial charge in [-0.15, -0.1) is 0 Å².